The van der Waals surface area contributed by atoms with Gasteiger partial charge in [-0.2, -0.15) is 13.2 Å². The van der Waals surface area contributed by atoms with Gasteiger partial charge < -0.3 is 5.32 Å². The van der Waals surface area contributed by atoms with Crippen molar-refractivity contribution < 1.29 is 18.0 Å². The Morgan fingerprint density at radius 3 is 2.70 bits per heavy atom. The van der Waals surface area contributed by atoms with E-state index < -0.39 is 12.1 Å². The first-order chi connectivity index (χ1) is 9.27. The van der Waals surface area contributed by atoms with Gasteiger partial charge in [0.25, 0.3) is 5.91 Å². The topological polar surface area (TPSA) is 29.1 Å². The number of amides is 1. The molecule has 0 aliphatic heterocycles. The highest BCUT2D eigenvalue weighted by Crippen LogP contribution is 2.37. The van der Waals surface area contributed by atoms with Crippen molar-refractivity contribution in [2.45, 2.75) is 44.8 Å². The zero-order valence-electron chi connectivity index (χ0n) is 10.9. The molecule has 2 rings (SSSR count). The lowest BCUT2D eigenvalue weighted by Crippen LogP contribution is -2.41. The van der Waals surface area contributed by atoms with E-state index in [2.05, 4.69) is 21.2 Å². The lowest BCUT2D eigenvalue weighted by atomic mass is 9.85. The van der Waals surface area contributed by atoms with E-state index in [9.17, 15) is 18.0 Å². The van der Waals surface area contributed by atoms with E-state index in [0.717, 1.165) is 9.35 Å². The van der Waals surface area contributed by atoms with E-state index in [-0.39, 0.29) is 24.8 Å². The molecule has 112 valence electrons. The molecule has 1 aromatic rings. The van der Waals surface area contributed by atoms with Crippen LogP contribution in [0.25, 0.3) is 0 Å². The molecule has 1 aromatic heterocycles. The second-order valence-corrected chi connectivity index (χ2v) is 7.51. The summed E-state index contributed by atoms with van der Waals surface area (Å²) in [5, 5.41) is 2.73. The molecule has 0 radical (unpaired) electrons. The minimum absolute atomic E-state index is 0.0131. The van der Waals surface area contributed by atoms with Crippen molar-refractivity contribution >= 4 is 33.2 Å². The van der Waals surface area contributed by atoms with Crippen LogP contribution in [0.1, 0.15) is 40.9 Å². The van der Waals surface area contributed by atoms with E-state index in [4.69, 9.17) is 0 Å². The first-order valence-corrected chi connectivity index (χ1v) is 8.02. The van der Waals surface area contributed by atoms with Crippen molar-refractivity contribution in [3.05, 3.63) is 20.3 Å². The van der Waals surface area contributed by atoms with Crippen LogP contribution >= 0.6 is 27.3 Å². The van der Waals surface area contributed by atoms with Crippen molar-refractivity contribution in [2.75, 3.05) is 0 Å². The number of aryl methyl sites for hydroxylation is 1. The number of thiophene rings is 1. The SMILES string of the molecule is Cc1cc(C(=O)NC2CCCC(C(F)(F)F)C2)sc1Br. The van der Waals surface area contributed by atoms with Crippen molar-refractivity contribution in [3.63, 3.8) is 0 Å². The summed E-state index contributed by atoms with van der Waals surface area (Å²) in [4.78, 5) is 12.6. The van der Waals surface area contributed by atoms with Gasteiger partial charge in [0.1, 0.15) is 0 Å². The molecule has 20 heavy (non-hydrogen) atoms. The smallest absolute Gasteiger partial charge is 0.349 e. The Morgan fingerprint density at radius 2 is 2.15 bits per heavy atom. The number of hydrogen-bond acceptors (Lipinski definition) is 2. The fraction of sp³-hybridized carbons (Fsp3) is 0.615. The van der Waals surface area contributed by atoms with Gasteiger partial charge >= 0.3 is 6.18 Å². The van der Waals surface area contributed by atoms with Gasteiger partial charge in [0.2, 0.25) is 0 Å². The van der Waals surface area contributed by atoms with Gasteiger partial charge in [0.05, 0.1) is 14.6 Å². The van der Waals surface area contributed by atoms with Crippen LogP contribution < -0.4 is 5.32 Å². The van der Waals surface area contributed by atoms with Crippen LogP contribution in [0.3, 0.4) is 0 Å². The Hall–Kier alpha value is -0.560. The molecule has 0 saturated heterocycles. The van der Waals surface area contributed by atoms with E-state index >= 15 is 0 Å². The molecule has 7 heteroatoms. The predicted molar refractivity (Wildman–Crippen MR) is 76.0 cm³/mol. The highest BCUT2D eigenvalue weighted by molar-refractivity contribution is 9.11. The summed E-state index contributed by atoms with van der Waals surface area (Å²) in [6.45, 7) is 1.87. The molecule has 2 unspecified atom stereocenters. The van der Waals surface area contributed by atoms with Crippen molar-refractivity contribution in [2.24, 2.45) is 5.92 Å². The summed E-state index contributed by atoms with van der Waals surface area (Å²) in [6.07, 6.45) is -2.89. The molecular weight excluding hydrogens is 355 g/mol. The van der Waals surface area contributed by atoms with Gasteiger partial charge in [-0.05, 0) is 53.7 Å². The fourth-order valence-corrected chi connectivity index (χ4v) is 3.88. The standard InChI is InChI=1S/C13H15BrF3NOS/c1-7-5-10(20-11(7)14)12(19)18-9-4-2-3-8(6-9)13(15,16)17/h5,8-9H,2-4,6H2,1H3,(H,18,19). The Kier molecular flexibility index (Phi) is 4.79. The Bertz CT molecular complexity index is 481. The maximum Gasteiger partial charge on any atom is 0.391 e. The lowest BCUT2D eigenvalue weighted by Gasteiger charge is -2.30. The molecule has 1 saturated carbocycles. The summed E-state index contributed by atoms with van der Waals surface area (Å²) >= 11 is 4.63. The van der Waals surface area contributed by atoms with Crippen LogP contribution in [0.5, 0.6) is 0 Å². The molecule has 0 bridgehead atoms. The molecule has 0 spiro atoms. The molecule has 1 amide bonds. The van der Waals surface area contributed by atoms with Crippen molar-refractivity contribution in [1.82, 2.24) is 5.32 Å². The molecular formula is C13H15BrF3NOS. The molecule has 1 aliphatic carbocycles. The van der Waals surface area contributed by atoms with Gasteiger partial charge in [-0.1, -0.05) is 6.42 Å². The van der Waals surface area contributed by atoms with Crippen LogP contribution in [-0.4, -0.2) is 18.1 Å². The van der Waals surface area contributed by atoms with Gasteiger partial charge in [0.15, 0.2) is 0 Å². The molecule has 0 aromatic carbocycles. The summed E-state index contributed by atoms with van der Waals surface area (Å²) in [5.74, 6) is -1.57. The predicted octanol–water partition coefficient (Wildman–Crippen LogP) is 4.67. The number of hydrogen-bond donors (Lipinski definition) is 1. The van der Waals surface area contributed by atoms with E-state index in [1.807, 2.05) is 6.92 Å². The molecule has 2 nitrogen and oxygen atoms in total. The third kappa shape index (κ3) is 3.75. The van der Waals surface area contributed by atoms with E-state index in [1.165, 1.54) is 11.3 Å². The second kappa shape index (κ2) is 6.05. The quantitative estimate of drug-likeness (QED) is 0.806. The first-order valence-electron chi connectivity index (χ1n) is 6.41. The van der Waals surface area contributed by atoms with Crippen LogP contribution in [0.4, 0.5) is 13.2 Å². The highest BCUT2D eigenvalue weighted by atomic mass is 79.9. The molecule has 1 heterocycles. The third-order valence-corrected chi connectivity index (χ3v) is 5.69. The minimum atomic E-state index is -4.16. The van der Waals surface area contributed by atoms with Crippen LogP contribution in [0.15, 0.2) is 9.85 Å². The van der Waals surface area contributed by atoms with E-state index in [1.54, 1.807) is 6.07 Å². The van der Waals surface area contributed by atoms with E-state index in [0.29, 0.717) is 17.7 Å². The van der Waals surface area contributed by atoms with Gasteiger partial charge in [-0.25, -0.2) is 0 Å². The number of nitrogens with one attached hydrogen (secondary N) is 1. The summed E-state index contributed by atoms with van der Waals surface area (Å²) in [7, 11) is 0. The van der Waals surface area contributed by atoms with Crippen molar-refractivity contribution in [3.8, 4) is 0 Å². The molecule has 2 atom stereocenters. The zero-order valence-corrected chi connectivity index (χ0v) is 13.3. The Balaban J connectivity index is 1.97. The molecule has 1 aliphatic rings. The number of carbonyl (C=O) groups is 1. The Labute approximate surface area is 127 Å². The third-order valence-electron chi connectivity index (χ3n) is 3.55. The minimum Gasteiger partial charge on any atom is -0.349 e. The fourth-order valence-electron chi connectivity index (χ4n) is 2.45. The average molecular weight is 370 g/mol. The van der Waals surface area contributed by atoms with Crippen LogP contribution in [-0.2, 0) is 0 Å². The lowest BCUT2D eigenvalue weighted by molar-refractivity contribution is -0.183. The zero-order chi connectivity index (χ0) is 14.9. The number of carbonyl (C=O) groups excluding carboxylic acids is 1. The summed E-state index contributed by atoms with van der Waals surface area (Å²) < 4.78 is 39.0. The number of alkyl halides is 3. The maximum atomic E-state index is 12.7. The largest absolute Gasteiger partial charge is 0.391 e. The highest BCUT2D eigenvalue weighted by Gasteiger charge is 2.42. The molecule has 1 N–H and O–H groups in total. The van der Waals surface area contributed by atoms with Gasteiger partial charge in [-0.15, -0.1) is 11.3 Å². The normalized spacial score (nSPS) is 23.6. The average Bonchev–Trinajstić information content (AvgIpc) is 2.69. The maximum absolute atomic E-state index is 12.7. The van der Waals surface area contributed by atoms with Crippen LogP contribution in [0.2, 0.25) is 0 Å². The second-order valence-electron chi connectivity index (χ2n) is 5.14. The van der Waals surface area contributed by atoms with Crippen molar-refractivity contribution in [1.29, 1.82) is 0 Å². The molecule has 1 fully saturated rings. The Morgan fingerprint density at radius 1 is 1.45 bits per heavy atom. The number of halogens is 4. The summed E-state index contributed by atoms with van der Waals surface area (Å²) in [5.41, 5.74) is 0.956. The van der Waals surface area contributed by atoms with Gasteiger partial charge in [-0.3, -0.25) is 4.79 Å². The monoisotopic (exact) mass is 369 g/mol. The first kappa shape index (κ1) is 15.8. The van der Waals surface area contributed by atoms with Gasteiger partial charge in [0, 0.05) is 6.04 Å². The summed E-state index contributed by atoms with van der Waals surface area (Å²) in [6, 6.07) is 1.36. The number of rotatable bonds is 2. The van der Waals surface area contributed by atoms with Crippen LogP contribution in [0, 0.1) is 12.8 Å².